The zero-order valence-electron chi connectivity index (χ0n) is 18.5. The summed E-state index contributed by atoms with van der Waals surface area (Å²) in [5.41, 5.74) is 1.96. The summed E-state index contributed by atoms with van der Waals surface area (Å²) in [4.78, 5) is 16.1. The van der Waals surface area contributed by atoms with Crippen LogP contribution in [0.5, 0.6) is 0 Å². The molecule has 1 aromatic carbocycles. The van der Waals surface area contributed by atoms with Crippen LogP contribution >= 0.6 is 0 Å². The van der Waals surface area contributed by atoms with E-state index in [1.54, 1.807) is 4.90 Å². The molecule has 1 aromatic heterocycles. The van der Waals surface area contributed by atoms with Crippen LogP contribution in [0.2, 0.25) is 0 Å². The van der Waals surface area contributed by atoms with E-state index in [1.807, 2.05) is 31.3 Å². The Hall–Kier alpha value is -2.06. The first-order chi connectivity index (χ1) is 14.9. The summed E-state index contributed by atoms with van der Waals surface area (Å²) in [5.74, 6) is 0.530. The minimum absolute atomic E-state index is 0.161. The van der Waals surface area contributed by atoms with E-state index >= 15 is 0 Å². The highest BCUT2D eigenvalue weighted by Crippen LogP contribution is 2.36. The maximum atomic E-state index is 12.8. The van der Waals surface area contributed by atoms with Crippen molar-refractivity contribution in [1.29, 1.82) is 0 Å². The van der Waals surface area contributed by atoms with Gasteiger partial charge in [-0.3, -0.25) is 0 Å². The van der Waals surface area contributed by atoms with E-state index in [2.05, 4.69) is 11.0 Å². The Bertz CT molecular complexity index is 1020. The highest BCUT2D eigenvalue weighted by Gasteiger charge is 2.31. The van der Waals surface area contributed by atoms with Crippen LogP contribution in [0.3, 0.4) is 0 Å². The predicted molar refractivity (Wildman–Crippen MR) is 122 cm³/mol. The van der Waals surface area contributed by atoms with Gasteiger partial charge in [-0.15, -0.1) is 0 Å². The number of hydrogen-bond donors (Lipinski definition) is 0. The van der Waals surface area contributed by atoms with Crippen LogP contribution in [0.1, 0.15) is 50.5 Å². The van der Waals surface area contributed by atoms with E-state index in [4.69, 9.17) is 4.74 Å². The summed E-state index contributed by atoms with van der Waals surface area (Å²) < 4.78 is 32.0. The summed E-state index contributed by atoms with van der Waals surface area (Å²) in [5, 5.41) is 1.06. The molecule has 2 aliphatic rings. The molecule has 1 amide bonds. The summed E-state index contributed by atoms with van der Waals surface area (Å²) in [6.07, 6.45) is 6.27. The molecule has 2 fully saturated rings. The van der Waals surface area contributed by atoms with Gasteiger partial charge in [-0.1, -0.05) is 25.1 Å². The molecule has 170 valence electrons. The Kier molecular flexibility index (Phi) is 6.57. The van der Waals surface area contributed by atoms with Gasteiger partial charge < -0.3 is 14.5 Å². The third-order valence-electron chi connectivity index (χ3n) is 6.85. The zero-order chi connectivity index (χ0) is 22.0. The Labute approximate surface area is 185 Å². The molecule has 0 bridgehead atoms. The molecule has 8 heteroatoms. The van der Waals surface area contributed by atoms with Gasteiger partial charge in [0.25, 0.3) is 0 Å². The molecule has 0 aliphatic carbocycles. The van der Waals surface area contributed by atoms with Gasteiger partial charge in [0.05, 0.1) is 18.4 Å². The molecule has 4 rings (SSSR count). The maximum Gasteiger partial charge on any atom is 0.409 e. The fourth-order valence-electron chi connectivity index (χ4n) is 5.21. The van der Waals surface area contributed by atoms with Crippen molar-refractivity contribution in [3.8, 4) is 0 Å². The van der Waals surface area contributed by atoms with Gasteiger partial charge in [-0.05, 0) is 62.7 Å². The number of piperidine rings is 2. The van der Waals surface area contributed by atoms with Crippen molar-refractivity contribution < 1.29 is 17.9 Å². The highest BCUT2D eigenvalue weighted by molar-refractivity contribution is 7.90. The van der Waals surface area contributed by atoms with Crippen LogP contribution in [0.25, 0.3) is 10.9 Å². The normalized spacial score (nSPS) is 19.7. The number of ether oxygens (including phenoxy) is 1. The van der Waals surface area contributed by atoms with Crippen LogP contribution in [0.15, 0.2) is 30.5 Å². The number of aromatic nitrogens is 1. The first-order valence-electron chi connectivity index (χ1n) is 11.3. The van der Waals surface area contributed by atoms with Crippen molar-refractivity contribution in [3.05, 3.63) is 36.0 Å². The van der Waals surface area contributed by atoms with Crippen molar-refractivity contribution in [2.24, 2.45) is 0 Å². The molecule has 0 N–H and O–H groups in total. The molecule has 2 aliphatic heterocycles. The Balaban J connectivity index is 1.46. The molecule has 3 heterocycles. The van der Waals surface area contributed by atoms with Gasteiger partial charge in [-0.25, -0.2) is 17.2 Å². The molecule has 0 atom stereocenters. The fourth-order valence-corrected chi connectivity index (χ4v) is 6.65. The van der Waals surface area contributed by atoms with Crippen molar-refractivity contribution in [3.63, 3.8) is 0 Å². The molecule has 0 unspecified atom stereocenters. The quantitative estimate of drug-likeness (QED) is 0.700. The third-order valence-corrected chi connectivity index (χ3v) is 8.68. The summed E-state index contributed by atoms with van der Waals surface area (Å²) in [6, 6.07) is 8.38. The minimum atomic E-state index is -3.33. The summed E-state index contributed by atoms with van der Waals surface area (Å²) in [6.45, 7) is 5.42. The molecule has 0 saturated carbocycles. The molecular weight excluding hydrogens is 414 g/mol. The van der Waals surface area contributed by atoms with Gasteiger partial charge in [0.1, 0.15) is 0 Å². The average molecular weight is 448 g/mol. The Morgan fingerprint density at radius 1 is 1.06 bits per heavy atom. The van der Waals surface area contributed by atoms with Crippen molar-refractivity contribution in [1.82, 2.24) is 13.8 Å². The monoisotopic (exact) mass is 447 g/mol. The second-order valence-electron chi connectivity index (χ2n) is 8.71. The van der Waals surface area contributed by atoms with Crippen molar-refractivity contribution in [2.45, 2.75) is 51.0 Å². The highest BCUT2D eigenvalue weighted by atomic mass is 32.2. The van der Waals surface area contributed by atoms with Crippen LogP contribution in [-0.2, 0) is 14.8 Å². The molecule has 0 spiro atoms. The number of likely N-dealkylation sites (tertiary alicyclic amines) is 2. The first kappa shape index (κ1) is 22.1. The fraction of sp³-hybridized carbons (Fsp3) is 0.609. The number of fused-ring (bicyclic) bond motifs is 1. The van der Waals surface area contributed by atoms with Gasteiger partial charge >= 0.3 is 6.09 Å². The summed E-state index contributed by atoms with van der Waals surface area (Å²) >= 11 is 0. The van der Waals surface area contributed by atoms with E-state index in [1.165, 1.54) is 11.1 Å². The van der Waals surface area contributed by atoms with Crippen molar-refractivity contribution in [2.75, 3.05) is 39.0 Å². The molecular formula is C23H33N3O4S. The van der Waals surface area contributed by atoms with Gasteiger partial charge in [0.15, 0.2) is 0 Å². The zero-order valence-corrected chi connectivity index (χ0v) is 19.3. The standard InChI is InChI=1S/C23H33N3O4S/c1-3-16-31(28,29)26-17-21(20-6-4-5-7-22(20)26)18-8-12-24(13-9-18)19-10-14-25(15-11-19)23(27)30-2/h4-7,17-19H,3,8-16H2,1-2H3. The van der Waals surface area contributed by atoms with Gasteiger partial charge in [0.2, 0.25) is 10.0 Å². The smallest absolute Gasteiger partial charge is 0.409 e. The lowest BCUT2D eigenvalue weighted by atomic mass is 9.88. The SMILES string of the molecule is CCCS(=O)(=O)n1cc(C2CCN(C3CCN(C(=O)OC)CC3)CC2)c2ccccc21. The molecule has 2 saturated heterocycles. The number of para-hydroxylation sites is 1. The van der Waals surface area contributed by atoms with E-state index < -0.39 is 10.0 Å². The lowest BCUT2D eigenvalue weighted by Crippen LogP contribution is -2.48. The van der Waals surface area contributed by atoms with E-state index in [9.17, 15) is 13.2 Å². The van der Waals surface area contributed by atoms with E-state index in [0.717, 1.165) is 68.3 Å². The van der Waals surface area contributed by atoms with Crippen LogP contribution in [0, 0.1) is 0 Å². The number of amides is 1. The number of carbonyl (C=O) groups excluding carboxylic acids is 1. The van der Waals surface area contributed by atoms with Crippen LogP contribution in [-0.4, -0.2) is 73.4 Å². The Morgan fingerprint density at radius 2 is 1.74 bits per heavy atom. The van der Waals surface area contributed by atoms with Gasteiger partial charge in [-0.2, -0.15) is 0 Å². The van der Waals surface area contributed by atoms with Crippen molar-refractivity contribution >= 4 is 27.0 Å². The first-order valence-corrected chi connectivity index (χ1v) is 13.0. The number of benzene rings is 1. The predicted octanol–water partition coefficient (Wildman–Crippen LogP) is 3.64. The average Bonchev–Trinajstić information content (AvgIpc) is 3.19. The molecule has 0 radical (unpaired) electrons. The van der Waals surface area contributed by atoms with Gasteiger partial charge in [0, 0.05) is 30.7 Å². The summed E-state index contributed by atoms with van der Waals surface area (Å²) in [7, 11) is -1.90. The maximum absolute atomic E-state index is 12.8. The topological polar surface area (TPSA) is 71.9 Å². The van der Waals surface area contributed by atoms with Crippen LogP contribution in [0.4, 0.5) is 4.79 Å². The third kappa shape index (κ3) is 4.46. The number of nitrogens with zero attached hydrogens (tertiary/aromatic N) is 3. The molecule has 2 aromatic rings. The lowest BCUT2D eigenvalue weighted by molar-refractivity contribution is 0.0734. The largest absolute Gasteiger partial charge is 0.453 e. The lowest BCUT2D eigenvalue weighted by Gasteiger charge is -2.41. The van der Waals surface area contributed by atoms with E-state index in [0.29, 0.717) is 18.4 Å². The number of methoxy groups -OCH3 is 1. The second-order valence-corrected chi connectivity index (χ2v) is 10.7. The second kappa shape index (κ2) is 9.20. The molecule has 7 nitrogen and oxygen atoms in total. The van der Waals surface area contributed by atoms with E-state index in [-0.39, 0.29) is 11.8 Å². The Morgan fingerprint density at radius 3 is 2.39 bits per heavy atom. The minimum Gasteiger partial charge on any atom is -0.453 e. The number of hydrogen-bond acceptors (Lipinski definition) is 5. The number of rotatable bonds is 5. The molecule has 31 heavy (non-hydrogen) atoms. The number of carbonyl (C=O) groups is 1. The van der Waals surface area contributed by atoms with Crippen LogP contribution < -0.4 is 0 Å².